The molecule has 1 fully saturated rings. The number of amides is 1. The molecule has 0 aromatic heterocycles. The Morgan fingerprint density at radius 2 is 1.71 bits per heavy atom. The standard InChI is InChI=1S/C30H30FNO5S/c1-38(36,37)25-13-14-26(27(31)19-25)23-11-8-22(9-12-23)20-30(16-3-2-4-17-30)29(35)32-24-7-5-6-21(18-24)10-15-28(33)34/h5-15,18-19H,2-4,16-17,20H2,1H3,(H,32,35)(H,33,34)/b15-10+. The average Bonchev–Trinajstić information content (AvgIpc) is 2.88. The van der Waals surface area contributed by atoms with Gasteiger partial charge in [0.05, 0.1) is 10.3 Å². The number of hydrogen-bond acceptors (Lipinski definition) is 4. The van der Waals surface area contributed by atoms with Gasteiger partial charge in [0.15, 0.2) is 9.84 Å². The van der Waals surface area contributed by atoms with Crippen molar-refractivity contribution < 1.29 is 27.5 Å². The van der Waals surface area contributed by atoms with Crippen molar-refractivity contribution in [3.05, 3.63) is 89.8 Å². The lowest BCUT2D eigenvalue weighted by atomic mass is 9.69. The van der Waals surface area contributed by atoms with Gasteiger partial charge in [-0.15, -0.1) is 0 Å². The Kier molecular flexibility index (Phi) is 8.11. The number of carbonyl (C=O) groups is 2. The van der Waals surface area contributed by atoms with E-state index in [1.54, 1.807) is 36.4 Å². The molecule has 198 valence electrons. The molecule has 0 aliphatic heterocycles. The van der Waals surface area contributed by atoms with Gasteiger partial charge < -0.3 is 10.4 Å². The van der Waals surface area contributed by atoms with Crippen LogP contribution in [0.4, 0.5) is 10.1 Å². The van der Waals surface area contributed by atoms with Crippen molar-refractivity contribution in [2.24, 2.45) is 5.41 Å². The number of carboxylic acids is 1. The van der Waals surface area contributed by atoms with E-state index < -0.39 is 27.0 Å². The fourth-order valence-electron chi connectivity index (χ4n) is 5.02. The molecule has 4 rings (SSSR count). The van der Waals surface area contributed by atoms with E-state index in [0.717, 1.165) is 56.1 Å². The van der Waals surface area contributed by atoms with Crippen LogP contribution in [0.15, 0.2) is 77.7 Å². The van der Waals surface area contributed by atoms with Gasteiger partial charge in [-0.3, -0.25) is 4.79 Å². The number of nitrogens with one attached hydrogen (secondary N) is 1. The first-order valence-corrected chi connectivity index (χ1v) is 14.4. The minimum Gasteiger partial charge on any atom is -0.478 e. The van der Waals surface area contributed by atoms with Gasteiger partial charge in [0.2, 0.25) is 5.91 Å². The molecule has 0 bridgehead atoms. The molecule has 1 amide bonds. The molecule has 0 spiro atoms. The Bertz CT molecular complexity index is 1470. The average molecular weight is 536 g/mol. The van der Waals surface area contributed by atoms with Crippen LogP contribution in [0.2, 0.25) is 0 Å². The molecule has 1 aliphatic rings. The molecule has 0 heterocycles. The van der Waals surface area contributed by atoms with Gasteiger partial charge in [-0.05, 0) is 66.3 Å². The molecule has 2 N–H and O–H groups in total. The van der Waals surface area contributed by atoms with Crippen molar-refractivity contribution in [3.63, 3.8) is 0 Å². The van der Waals surface area contributed by atoms with Crippen LogP contribution in [0.25, 0.3) is 17.2 Å². The smallest absolute Gasteiger partial charge is 0.328 e. The fraction of sp³-hybridized carbons (Fsp3) is 0.267. The number of carbonyl (C=O) groups excluding carboxylic acids is 1. The number of hydrogen-bond donors (Lipinski definition) is 2. The number of rotatable bonds is 8. The van der Waals surface area contributed by atoms with E-state index in [2.05, 4.69) is 5.32 Å². The van der Waals surface area contributed by atoms with Gasteiger partial charge in [0, 0.05) is 23.6 Å². The summed E-state index contributed by atoms with van der Waals surface area (Å²) in [5.74, 6) is -1.72. The normalized spacial score (nSPS) is 15.3. The van der Waals surface area contributed by atoms with Crippen molar-refractivity contribution in [2.75, 3.05) is 11.6 Å². The molecular formula is C30H30FNO5S. The largest absolute Gasteiger partial charge is 0.478 e. The molecule has 1 aliphatic carbocycles. The summed E-state index contributed by atoms with van der Waals surface area (Å²) in [4.78, 5) is 24.4. The summed E-state index contributed by atoms with van der Waals surface area (Å²) in [6.07, 6.45) is 8.59. The number of sulfone groups is 1. The highest BCUT2D eigenvalue weighted by molar-refractivity contribution is 7.90. The van der Waals surface area contributed by atoms with Crippen molar-refractivity contribution in [3.8, 4) is 11.1 Å². The summed E-state index contributed by atoms with van der Waals surface area (Å²) >= 11 is 0. The summed E-state index contributed by atoms with van der Waals surface area (Å²) in [5, 5.41) is 11.9. The monoisotopic (exact) mass is 535 g/mol. The highest BCUT2D eigenvalue weighted by Gasteiger charge is 2.39. The zero-order valence-electron chi connectivity index (χ0n) is 21.1. The number of aliphatic carboxylic acids is 1. The Labute approximate surface area is 222 Å². The SMILES string of the molecule is CS(=O)(=O)c1ccc(-c2ccc(CC3(C(=O)Nc4cccc(/C=C/C(=O)O)c4)CCCCC3)cc2)c(F)c1. The Balaban J connectivity index is 1.54. The van der Waals surface area contributed by atoms with Crippen LogP contribution in [-0.2, 0) is 25.8 Å². The molecule has 0 unspecified atom stereocenters. The van der Waals surface area contributed by atoms with Crippen molar-refractivity contribution >= 4 is 33.5 Å². The van der Waals surface area contributed by atoms with Crippen molar-refractivity contribution in [2.45, 2.75) is 43.4 Å². The van der Waals surface area contributed by atoms with Crippen molar-refractivity contribution in [1.82, 2.24) is 0 Å². The maximum Gasteiger partial charge on any atom is 0.328 e. The van der Waals surface area contributed by atoms with E-state index in [4.69, 9.17) is 5.11 Å². The van der Waals surface area contributed by atoms with E-state index >= 15 is 0 Å². The summed E-state index contributed by atoms with van der Waals surface area (Å²) < 4.78 is 38.1. The van der Waals surface area contributed by atoms with Crippen LogP contribution >= 0.6 is 0 Å². The summed E-state index contributed by atoms with van der Waals surface area (Å²) in [6.45, 7) is 0. The second-order valence-corrected chi connectivity index (χ2v) is 11.9. The molecule has 0 saturated heterocycles. The zero-order valence-corrected chi connectivity index (χ0v) is 21.9. The highest BCUT2D eigenvalue weighted by atomic mass is 32.2. The summed E-state index contributed by atoms with van der Waals surface area (Å²) in [6, 6.07) is 18.3. The minimum absolute atomic E-state index is 0.0657. The first-order valence-electron chi connectivity index (χ1n) is 12.5. The number of anilines is 1. The lowest BCUT2D eigenvalue weighted by molar-refractivity contribution is -0.131. The maximum atomic E-state index is 14.7. The Hall–Kier alpha value is -3.78. The molecule has 3 aromatic rings. The first kappa shape index (κ1) is 27.3. The minimum atomic E-state index is -3.50. The lowest BCUT2D eigenvalue weighted by Gasteiger charge is -2.36. The van der Waals surface area contributed by atoms with Gasteiger partial charge in [-0.2, -0.15) is 0 Å². The van der Waals surface area contributed by atoms with E-state index in [-0.39, 0.29) is 10.8 Å². The second-order valence-electron chi connectivity index (χ2n) is 9.88. The molecule has 38 heavy (non-hydrogen) atoms. The predicted molar refractivity (Wildman–Crippen MR) is 146 cm³/mol. The number of benzene rings is 3. The molecule has 0 atom stereocenters. The van der Waals surface area contributed by atoms with E-state index in [1.165, 1.54) is 18.2 Å². The highest BCUT2D eigenvalue weighted by Crippen LogP contribution is 2.41. The molecule has 3 aromatic carbocycles. The number of halogens is 1. The Morgan fingerprint density at radius 3 is 2.34 bits per heavy atom. The zero-order chi connectivity index (χ0) is 27.3. The third-order valence-corrected chi connectivity index (χ3v) is 8.14. The van der Waals surface area contributed by atoms with Crippen LogP contribution in [0, 0.1) is 11.2 Å². The number of carboxylic acid groups (broad SMARTS) is 1. The molecule has 0 radical (unpaired) electrons. The third-order valence-electron chi connectivity index (χ3n) is 7.03. The maximum absolute atomic E-state index is 14.7. The Morgan fingerprint density at radius 1 is 1.00 bits per heavy atom. The third kappa shape index (κ3) is 6.55. The predicted octanol–water partition coefficient (Wildman–Crippen LogP) is 6.13. The van der Waals surface area contributed by atoms with Crippen LogP contribution in [0.3, 0.4) is 0 Å². The van der Waals surface area contributed by atoms with Crippen LogP contribution < -0.4 is 5.32 Å². The lowest BCUT2D eigenvalue weighted by Crippen LogP contribution is -2.40. The van der Waals surface area contributed by atoms with Crippen LogP contribution in [0.1, 0.15) is 43.2 Å². The van der Waals surface area contributed by atoms with Gasteiger partial charge in [-0.1, -0.05) is 61.7 Å². The van der Waals surface area contributed by atoms with E-state index in [1.807, 2.05) is 12.1 Å². The molecule has 1 saturated carbocycles. The van der Waals surface area contributed by atoms with E-state index in [0.29, 0.717) is 28.8 Å². The summed E-state index contributed by atoms with van der Waals surface area (Å²) in [7, 11) is -3.50. The molecule has 8 heteroatoms. The van der Waals surface area contributed by atoms with Gasteiger partial charge in [-0.25, -0.2) is 17.6 Å². The van der Waals surface area contributed by atoms with Crippen molar-refractivity contribution in [1.29, 1.82) is 0 Å². The fourth-order valence-corrected chi connectivity index (χ4v) is 5.65. The quantitative estimate of drug-likeness (QED) is 0.338. The van der Waals surface area contributed by atoms with Crippen LogP contribution in [0.5, 0.6) is 0 Å². The second kappa shape index (κ2) is 11.3. The van der Waals surface area contributed by atoms with Gasteiger partial charge >= 0.3 is 5.97 Å². The first-order chi connectivity index (χ1) is 18.1. The van der Waals surface area contributed by atoms with Crippen LogP contribution in [-0.4, -0.2) is 31.7 Å². The van der Waals surface area contributed by atoms with Gasteiger partial charge in [0.1, 0.15) is 5.82 Å². The topological polar surface area (TPSA) is 101 Å². The molecule has 6 nitrogen and oxygen atoms in total. The summed E-state index contributed by atoms with van der Waals surface area (Å²) in [5.41, 5.74) is 2.59. The van der Waals surface area contributed by atoms with E-state index in [9.17, 15) is 22.4 Å². The van der Waals surface area contributed by atoms with Gasteiger partial charge in [0.25, 0.3) is 0 Å². The molecular weight excluding hydrogens is 505 g/mol.